The highest BCUT2D eigenvalue weighted by Gasteiger charge is 2.62. The summed E-state index contributed by atoms with van der Waals surface area (Å²) in [6, 6.07) is 0. The van der Waals surface area contributed by atoms with Crippen LogP contribution in [-0.2, 0) is 4.79 Å². The van der Waals surface area contributed by atoms with Gasteiger partial charge in [0.05, 0.1) is 11.5 Å². The molecular formula is C12H16O2. The molecule has 5 atom stereocenters. The predicted molar refractivity (Wildman–Crippen MR) is 52.6 cm³/mol. The molecule has 2 nitrogen and oxygen atoms in total. The molecule has 0 bridgehead atoms. The van der Waals surface area contributed by atoms with Gasteiger partial charge in [-0.1, -0.05) is 12.2 Å². The van der Waals surface area contributed by atoms with Gasteiger partial charge in [0.1, 0.15) is 5.78 Å². The first-order valence-electron chi connectivity index (χ1n) is 5.54. The van der Waals surface area contributed by atoms with Crippen LogP contribution in [0.2, 0.25) is 0 Å². The third-order valence-electron chi connectivity index (χ3n) is 4.78. The van der Waals surface area contributed by atoms with Gasteiger partial charge >= 0.3 is 0 Å². The van der Waals surface area contributed by atoms with Gasteiger partial charge in [-0.25, -0.2) is 0 Å². The quantitative estimate of drug-likeness (QED) is 0.591. The van der Waals surface area contributed by atoms with E-state index in [4.69, 9.17) is 0 Å². The van der Waals surface area contributed by atoms with Crippen molar-refractivity contribution in [1.29, 1.82) is 0 Å². The van der Waals surface area contributed by atoms with Gasteiger partial charge in [0.15, 0.2) is 0 Å². The van der Waals surface area contributed by atoms with Crippen molar-refractivity contribution in [3.8, 4) is 0 Å². The molecule has 0 aliphatic heterocycles. The zero-order chi connectivity index (χ0) is 9.92. The van der Waals surface area contributed by atoms with Gasteiger partial charge in [-0.15, -0.1) is 0 Å². The molecule has 76 valence electrons. The fraction of sp³-hybridized carbons (Fsp3) is 0.750. The number of hydrogen-bond donors (Lipinski definition) is 1. The van der Waals surface area contributed by atoms with Crippen LogP contribution in [0, 0.1) is 23.2 Å². The number of rotatable bonds is 0. The molecule has 0 aromatic rings. The molecule has 2 heteroatoms. The second-order valence-corrected chi connectivity index (χ2v) is 5.20. The molecule has 0 amide bonds. The third kappa shape index (κ3) is 0.750. The lowest BCUT2D eigenvalue weighted by molar-refractivity contribution is -0.132. The van der Waals surface area contributed by atoms with Gasteiger partial charge in [-0.05, 0) is 38.0 Å². The fourth-order valence-corrected chi connectivity index (χ4v) is 3.92. The van der Waals surface area contributed by atoms with Gasteiger partial charge in [0.2, 0.25) is 0 Å². The monoisotopic (exact) mass is 192 g/mol. The molecule has 3 aliphatic carbocycles. The Labute approximate surface area is 84.0 Å². The van der Waals surface area contributed by atoms with Crippen LogP contribution in [0.3, 0.4) is 0 Å². The first-order valence-corrected chi connectivity index (χ1v) is 5.54. The van der Waals surface area contributed by atoms with Crippen molar-refractivity contribution in [1.82, 2.24) is 0 Å². The Balaban J connectivity index is 2.06. The van der Waals surface area contributed by atoms with Crippen LogP contribution in [0.5, 0.6) is 0 Å². The van der Waals surface area contributed by atoms with Gasteiger partial charge in [0.25, 0.3) is 0 Å². The maximum atomic E-state index is 12.2. The van der Waals surface area contributed by atoms with Gasteiger partial charge in [-0.2, -0.15) is 0 Å². The normalized spacial score (nSPS) is 55.1. The molecule has 1 N–H and O–H groups in total. The Morgan fingerprint density at radius 2 is 2.29 bits per heavy atom. The van der Waals surface area contributed by atoms with E-state index in [0.717, 1.165) is 19.3 Å². The summed E-state index contributed by atoms with van der Waals surface area (Å²) in [5.41, 5.74) is -0.417. The number of hydrogen-bond acceptors (Lipinski definition) is 2. The molecule has 0 aromatic heterocycles. The lowest BCUT2D eigenvalue weighted by Gasteiger charge is -2.27. The van der Waals surface area contributed by atoms with E-state index in [9.17, 15) is 9.90 Å². The van der Waals surface area contributed by atoms with E-state index < -0.39 is 5.41 Å². The van der Waals surface area contributed by atoms with Crippen molar-refractivity contribution in [2.24, 2.45) is 23.2 Å². The first kappa shape index (κ1) is 8.66. The summed E-state index contributed by atoms with van der Waals surface area (Å²) in [5.74, 6) is 1.36. The predicted octanol–water partition coefficient (Wildman–Crippen LogP) is 1.54. The molecule has 0 saturated heterocycles. The number of allylic oxidation sites excluding steroid dienone is 2. The molecule has 3 aliphatic rings. The van der Waals surface area contributed by atoms with Crippen LogP contribution in [-0.4, -0.2) is 17.0 Å². The minimum atomic E-state index is -0.417. The lowest BCUT2D eigenvalue weighted by atomic mass is 9.77. The zero-order valence-corrected chi connectivity index (χ0v) is 8.44. The maximum Gasteiger partial charge on any atom is 0.148 e. The zero-order valence-electron chi connectivity index (χ0n) is 8.44. The summed E-state index contributed by atoms with van der Waals surface area (Å²) in [5, 5.41) is 9.94. The lowest BCUT2D eigenvalue weighted by Crippen LogP contribution is -2.36. The van der Waals surface area contributed by atoms with E-state index in [1.54, 1.807) is 0 Å². The van der Waals surface area contributed by atoms with Gasteiger partial charge < -0.3 is 5.11 Å². The van der Waals surface area contributed by atoms with Crippen LogP contribution in [0.15, 0.2) is 12.2 Å². The number of carbonyl (C=O) groups excluding carboxylic acids is 1. The van der Waals surface area contributed by atoms with Crippen molar-refractivity contribution >= 4 is 5.78 Å². The summed E-state index contributed by atoms with van der Waals surface area (Å²) in [4.78, 5) is 12.2. The van der Waals surface area contributed by atoms with Gasteiger partial charge in [-0.3, -0.25) is 4.79 Å². The third-order valence-corrected chi connectivity index (χ3v) is 4.78. The Kier molecular flexibility index (Phi) is 1.54. The number of fused-ring (bicyclic) bond motifs is 3. The van der Waals surface area contributed by atoms with Crippen LogP contribution in [0.1, 0.15) is 26.2 Å². The average molecular weight is 192 g/mol. The van der Waals surface area contributed by atoms with Crippen LogP contribution in [0.4, 0.5) is 0 Å². The largest absolute Gasteiger partial charge is 0.392 e. The standard InChI is InChI=1S/C12H16O2/c1-12-9(5-6-10(12)13)7-3-2-4-8(7)11(12)14/h2,4,7-10,13H,3,5-6H2,1H3. The summed E-state index contributed by atoms with van der Waals surface area (Å²) in [6.45, 7) is 1.98. The highest BCUT2D eigenvalue weighted by atomic mass is 16.3. The number of ketones is 1. The number of aliphatic hydroxyl groups excluding tert-OH is 1. The summed E-state index contributed by atoms with van der Waals surface area (Å²) in [7, 11) is 0. The van der Waals surface area contributed by atoms with Crippen molar-refractivity contribution in [2.75, 3.05) is 0 Å². The molecule has 14 heavy (non-hydrogen) atoms. The molecule has 2 fully saturated rings. The number of carbonyl (C=O) groups is 1. The Bertz CT molecular complexity index is 320. The van der Waals surface area contributed by atoms with E-state index in [2.05, 4.69) is 12.2 Å². The van der Waals surface area contributed by atoms with Crippen LogP contribution < -0.4 is 0 Å². The Morgan fingerprint density at radius 1 is 1.50 bits per heavy atom. The minimum Gasteiger partial charge on any atom is -0.392 e. The molecule has 0 aromatic carbocycles. The van der Waals surface area contributed by atoms with Crippen molar-refractivity contribution < 1.29 is 9.90 Å². The van der Waals surface area contributed by atoms with Crippen molar-refractivity contribution in [2.45, 2.75) is 32.3 Å². The first-order chi connectivity index (χ1) is 6.65. The van der Waals surface area contributed by atoms with E-state index in [1.165, 1.54) is 0 Å². The SMILES string of the molecule is CC12C(=O)C3C=CCC3C1CCC2O. The summed E-state index contributed by atoms with van der Waals surface area (Å²) in [6.07, 6.45) is 6.70. The Hall–Kier alpha value is -0.630. The number of aliphatic hydroxyl groups is 1. The van der Waals surface area contributed by atoms with Crippen LogP contribution in [0.25, 0.3) is 0 Å². The second kappa shape index (κ2) is 2.48. The van der Waals surface area contributed by atoms with Crippen molar-refractivity contribution in [3.05, 3.63) is 12.2 Å². The molecule has 0 radical (unpaired) electrons. The topological polar surface area (TPSA) is 37.3 Å². The summed E-state index contributed by atoms with van der Waals surface area (Å²) < 4.78 is 0. The van der Waals surface area contributed by atoms with E-state index in [1.807, 2.05) is 6.92 Å². The molecule has 0 heterocycles. The molecule has 3 rings (SSSR count). The van der Waals surface area contributed by atoms with E-state index >= 15 is 0 Å². The average Bonchev–Trinajstić information content (AvgIpc) is 2.76. The molecule has 5 unspecified atom stereocenters. The van der Waals surface area contributed by atoms with Crippen LogP contribution >= 0.6 is 0 Å². The Morgan fingerprint density at radius 3 is 3.07 bits per heavy atom. The molecular weight excluding hydrogens is 176 g/mol. The van der Waals surface area contributed by atoms with E-state index in [0.29, 0.717) is 17.6 Å². The summed E-state index contributed by atoms with van der Waals surface area (Å²) >= 11 is 0. The molecule has 0 spiro atoms. The van der Waals surface area contributed by atoms with Crippen molar-refractivity contribution in [3.63, 3.8) is 0 Å². The maximum absolute atomic E-state index is 12.2. The minimum absolute atomic E-state index is 0.125. The van der Waals surface area contributed by atoms with Gasteiger partial charge in [0, 0.05) is 5.92 Å². The van der Waals surface area contributed by atoms with E-state index in [-0.39, 0.29) is 12.0 Å². The fourth-order valence-electron chi connectivity index (χ4n) is 3.92. The second-order valence-electron chi connectivity index (χ2n) is 5.20. The highest BCUT2D eigenvalue weighted by molar-refractivity contribution is 5.92. The smallest absolute Gasteiger partial charge is 0.148 e. The molecule has 2 saturated carbocycles. The highest BCUT2D eigenvalue weighted by Crippen LogP contribution is 2.59. The number of Topliss-reactive ketones (excluding diaryl/α,β-unsaturated/α-hetero) is 1.